The zero-order chi connectivity index (χ0) is 20.4. The third-order valence-electron chi connectivity index (χ3n) is 3.78. The topological polar surface area (TPSA) is 133 Å². The predicted molar refractivity (Wildman–Crippen MR) is 101 cm³/mol. The third-order valence-corrected chi connectivity index (χ3v) is 4.26. The molecule has 3 rings (SSSR count). The summed E-state index contributed by atoms with van der Waals surface area (Å²) in [5.41, 5.74) is -0.0978. The van der Waals surface area contributed by atoms with E-state index in [1.807, 2.05) is 0 Å². The zero-order valence-corrected chi connectivity index (χ0v) is 15.5. The summed E-state index contributed by atoms with van der Waals surface area (Å²) in [5.74, 6) is -0.670. The van der Waals surface area contributed by atoms with E-state index in [-0.39, 0.29) is 12.1 Å². The zero-order valence-electron chi connectivity index (χ0n) is 14.0. The number of pyridine rings is 1. The van der Waals surface area contributed by atoms with Crippen LogP contribution in [-0.4, -0.2) is 31.7 Å². The van der Waals surface area contributed by atoms with Crippen LogP contribution >= 0.6 is 23.2 Å². The molecule has 0 aliphatic carbocycles. The smallest absolute Gasteiger partial charge is 0.277 e. The number of carbonyl (C=O) groups is 1. The molecule has 1 aromatic carbocycles. The number of nitro benzene ring substituents is 2. The van der Waals surface area contributed by atoms with Crippen molar-refractivity contribution in [2.24, 2.45) is 0 Å². The first kappa shape index (κ1) is 19.5. The molecule has 0 aliphatic rings. The van der Waals surface area contributed by atoms with E-state index in [0.29, 0.717) is 27.8 Å². The van der Waals surface area contributed by atoms with Crippen LogP contribution in [0.2, 0.25) is 10.0 Å². The summed E-state index contributed by atoms with van der Waals surface area (Å²) in [4.78, 5) is 36.8. The normalized spacial score (nSPS) is 10.8. The number of amides is 1. The molecule has 28 heavy (non-hydrogen) atoms. The van der Waals surface area contributed by atoms with Gasteiger partial charge in [0.2, 0.25) is 0 Å². The Labute approximate surface area is 167 Å². The highest BCUT2D eigenvalue weighted by Gasteiger charge is 2.19. The SMILES string of the molecule is O=C(NCCc1cn2cc(Cl)cc(Cl)c2n1)c1cc([N+](=O)[O-])cc([N+](=O)[O-])c1. The number of nitrogens with zero attached hydrogens (tertiary/aromatic N) is 4. The molecule has 2 heterocycles. The van der Waals surface area contributed by atoms with Crippen LogP contribution in [0.3, 0.4) is 0 Å². The van der Waals surface area contributed by atoms with E-state index in [1.165, 1.54) is 0 Å². The number of hydrogen-bond acceptors (Lipinski definition) is 6. The van der Waals surface area contributed by atoms with Crippen LogP contribution in [-0.2, 0) is 6.42 Å². The maximum Gasteiger partial charge on any atom is 0.277 e. The first-order valence-corrected chi connectivity index (χ1v) is 8.55. The van der Waals surface area contributed by atoms with Crippen molar-refractivity contribution in [1.29, 1.82) is 0 Å². The number of fused-ring (bicyclic) bond motifs is 1. The molecule has 0 saturated carbocycles. The lowest BCUT2D eigenvalue weighted by Gasteiger charge is -2.04. The Balaban J connectivity index is 1.71. The summed E-state index contributed by atoms with van der Waals surface area (Å²) in [6.07, 6.45) is 3.69. The molecular weight excluding hydrogens is 413 g/mol. The Kier molecular flexibility index (Phi) is 5.43. The first-order chi connectivity index (χ1) is 13.2. The number of rotatable bonds is 6. The van der Waals surface area contributed by atoms with Crippen LogP contribution < -0.4 is 5.32 Å². The number of nitrogens with one attached hydrogen (secondary N) is 1. The third kappa shape index (κ3) is 4.18. The minimum absolute atomic E-state index is 0.157. The minimum atomic E-state index is -0.796. The highest BCUT2D eigenvalue weighted by Crippen LogP contribution is 2.23. The standard InChI is InChI=1S/C16H11Cl2N5O5/c17-10-5-14(18)15-20-11(8-21(15)7-10)1-2-19-16(24)9-3-12(22(25)26)6-13(4-9)23(27)28/h3-8H,1-2H2,(H,19,24). The summed E-state index contributed by atoms with van der Waals surface area (Å²) in [7, 11) is 0. The second kappa shape index (κ2) is 7.79. The number of imidazole rings is 1. The second-order valence-corrected chi connectivity index (χ2v) is 6.57. The van der Waals surface area contributed by atoms with Crippen molar-refractivity contribution in [3.63, 3.8) is 0 Å². The van der Waals surface area contributed by atoms with Crippen molar-refractivity contribution in [2.45, 2.75) is 6.42 Å². The van der Waals surface area contributed by atoms with Gasteiger partial charge in [-0.05, 0) is 6.07 Å². The average molecular weight is 424 g/mol. The molecule has 0 saturated heterocycles. The fraction of sp³-hybridized carbons (Fsp3) is 0.125. The average Bonchev–Trinajstić information content (AvgIpc) is 3.04. The van der Waals surface area contributed by atoms with Gasteiger partial charge in [-0.25, -0.2) is 4.98 Å². The van der Waals surface area contributed by atoms with Crippen LogP contribution in [0.15, 0.2) is 36.7 Å². The van der Waals surface area contributed by atoms with Crippen LogP contribution in [0.1, 0.15) is 16.1 Å². The van der Waals surface area contributed by atoms with E-state index in [1.54, 1.807) is 22.9 Å². The first-order valence-electron chi connectivity index (χ1n) is 7.79. The fourth-order valence-electron chi connectivity index (χ4n) is 2.54. The van der Waals surface area contributed by atoms with E-state index in [0.717, 1.165) is 18.2 Å². The molecular formula is C16H11Cl2N5O5. The molecule has 0 fully saturated rings. The van der Waals surface area contributed by atoms with Gasteiger partial charge < -0.3 is 9.72 Å². The highest BCUT2D eigenvalue weighted by atomic mass is 35.5. The van der Waals surface area contributed by atoms with Gasteiger partial charge in [0.25, 0.3) is 17.3 Å². The van der Waals surface area contributed by atoms with Crippen molar-refractivity contribution in [3.05, 3.63) is 78.2 Å². The number of halogens is 2. The molecule has 3 aromatic rings. The lowest BCUT2D eigenvalue weighted by atomic mass is 10.1. The maximum absolute atomic E-state index is 12.2. The number of benzene rings is 1. The van der Waals surface area contributed by atoms with Crippen LogP contribution in [0.25, 0.3) is 5.65 Å². The van der Waals surface area contributed by atoms with E-state index in [4.69, 9.17) is 23.2 Å². The molecule has 12 heteroatoms. The lowest BCUT2D eigenvalue weighted by molar-refractivity contribution is -0.394. The van der Waals surface area contributed by atoms with Crippen molar-refractivity contribution >= 4 is 46.1 Å². The Hall–Kier alpha value is -3.24. The van der Waals surface area contributed by atoms with E-state index in [9.17, 15) is 25.0 Å². The van der Waals surface area contributed by atoms with Crippen molar-refractivity contribution in [3.8, 4) is 0 Å². The monoisotopic (exact) mass is 423 g/mol. The maximum atomic E-state index is 12.2. The quantitative estimate of drug-likeness (QED) is 0.476. The van der Waals surface area contributed by atoms with Crippen molar-refractivity contribution in [1.82, 2.24) is 14.7 Å². The van der Waals surface area contributed by atoms with Gasteiger partial charge in [-0.1, -0.05) is 23.2 Å². The molecule has 0 radical (unpaired) electrons. The number of carbonyl (C=O) groups excluding carboxylic acids is 1. The lowest BCUT2D eigenvalue weighted by Crippen LogP contribution is -2.25. The number of aromatic nitrogens is 2. The largest absolute Gasteiger partial charge is 0.352 e. The fourth-order valence-corrected chi connectivity index (χ4v) is 3.07. The predicted octanol–water partition coefficient (Wildman–Crippen LogP) is 3.43. The van der Waals surface area contributed by atoms with Crippen LogP contribution in [0, 0.1) is 20.2 Å². The molecule has 0 aliphatic heterocycles. The number of nitro groups is 2. The molecule has 0 unspecified atom stereocenters. The van der Waals surface area contributed by atoms with Gasteiger partial charge in [-0.3, -0.25) is 25.0 Å². The van der Waals surface area contributed by atoms with E-state index < -0.39 is 27.1 Å². The molecule has 0 spiro atoms. The number of non-ortho nitro benzene ring substituents is 2. The van der Waals surface area contributed by atoms with Gasteiger partial charge >= 0.3 is 0 Å². The van der Waals surface area contributed by atoms with Crippen LogP contribution in [0.5, 0.6) is 0 Å². The van der Waals surface area contributed by atoms with Crippen molar-refractivity contribution < 1.29 is 14.6 Å². The van der Waals surface area contributed by atoms with Gasteiger partial charge in [-0.2, -0.15) is 0 Å². The van der Waals surface area contributed by atoms with Gasteiger partial charge in [0.05, 0.1) is 37.2 Å². The molecule has 10 nitrogen and oxygen atoms in total. The summed E-state index contributed by atoms with van der Waals surface area (Å²) < 4.78 is 1.66. The van der Waals surface area contributed by atoms with Gasteiger partial charge in [0.15, 0.2) is 5.65 Å². The molecule has 1 N–H and O–H groups in total. The van der Waals surface area contributed by atoms with E-state index >= 15 is 0 Å². The van der Waals surface area contributed by atoms with Crippen LogP contribution in [0.4, 0.5) is 11.4 Å². The molecule has 2 aromatic heterocycles. The molecule has 1 amide bonds. The number of hydrogen-bond donors (Lipinski definition) is 1. The molecule has 144 valence electrons. The van der Waals surface area contributed by atoms with Gasteiger partial charge in [0, 0.05) is 37.5 Å². The molecule has 0 atom stereocenters. The Morgan fingerprint density at radius 3 is 2.32 bits per heavy atom. The van der Waals surface area contributed by atoms with Gasteiger partial charge in [0.1, 0.15) is 0 Å². The Morgan fingerprint density at radius 1 is 1.07 bits per heavy atom. The summed E-state index contributed by atoms with van der Waals surface area (Å²) >= 11 is 12.0. The summed E-state index contributed by atoms with van der Waals surface area (Å²) in [5, 5.41) is 25.2. The van der Waals surface area contributed by atoms with Gasteiger partial charge in [-0.15, -0.1) is 0 Å². The Bertz CT molecular complexity index is 1080. The second-order valence-electron chi connectivity index (χ2n) is 5.73. The Morgan fingerprint density at radius 2 is 1.71 bits per heavy atom. The highest BCUT2D eigenvalue weighted by molar-refractivity contribution is 6.36. The summed E-state index contributed by atoms with van der Waals surface area (Å²) in [6.45, 7) is 0.157. The van der Waals surface area contributed by atoms with E-state index in [2.05, 4.69) is 10.3 Å². The summed E-state index contributed by atoms with van der Waals surface area (Å²) in [6, 6.07) is 4.32. The molecule has 0 bridgehead atoms. The minimum Gasteiger partial charge on any atom is -0.352 e. The van der Waals surface area contributed by atoms with Crippen molar-refractivity contribution in [2.75, 3.05) is 6.54 Å².